The fourth-order valence-corrected chi connectivity index (χ4v) is 2.48. The zero-order valence-electron chi connectivity index (χ0n) is 10.3. The number of aromatic nitrogens is 2. The molecule has 0 radical (unpaired) electrons. The van der Waals surface area contributed by atoms with Gasteiger partial charge in [0.2, 0.25) is 10.0 Å². The molecular weight excluding hydrogens is 240 g/mol. The second kappa shape index (κ2) is 6.61. The van der Waals surface area contributed by atoms with E-state index in [1.54, 1.807) is 17.9 Å². The molecule has 0 saturated carbocycles. The minimum absolute atomic E-state index is 0.124. The summed E-state index contributed by atoms with van der Waals surface area (Å²) < 4.78 is 27.4. The molecule has 98 valence electrons. The van der Waals surface area contributed by atoms with E-state index in [9.17, 15) is 8.42 Å². The molecular formula is C10H20N4O2S. The van der Waals surface area contributed by atoms with E-state index in [1.807, 2.05) is 0 Å². The first kappa shape index (κ1) is 14.0. The Morgan fingerprint density at radius 3 is 2.76 bits per heavy atom. The summed E-state index contributed by atoms with van der Waals surface area (Å²) in [5.74, 6) is 0.124. The summed E-state index contributed by atoms with van der Waals surface area (Å²) in [6.07, 6.45) is 4.79. The van der Waals surface area contributed by atoms with Crippen LogP contribution in [0.5, 0.6) is 0 Å². The zero-order chi connectivity index (χ0) is 12.7. The third-order valence-corrected chi connectivity index (χ3v) is 3.54. The largest absolute Gasteiger partial charge is 0.317 e. The van der Waals surface area contributed by atoms with Crippen molar-refractivity contribution in [2.75, 3.05) is 23.6 Å². The van der Waals surface area contributed by atoms with Crippen molar-refractivity contribution < 1.29 is 8.42 Å². The van der Waals surface area contributed by atoms with E-state index in [-0.39, 0.29) is 5.75 Å². The Hall–Kier alpha value is -1.08. The molecule has 0 aliphatic carbocycles. The molecule has 0 unspecified atom stereocenters. The molecule has 1 rings (SSSR count). The average Bonchev–Trinajstić information content (AvgIpc) is 2.62. The zero-order valence-corrected chi connectivity index (χ0v) is 11.1. The van der Waals surface area contributed by atoms with Crippen molar-refractivity contribution in [2.45, 2.75) is 19.8 Å². The molecule has 1 aromatic rings. The molecule has 0 aliphatic heterocycles. The monoisotopic (exact) mass is 260 g/mol. The molecule has 6 nitrogen and oxygen atoms in total. The fourth-order valence-electron chi connectivity index (χ4n) is 1.39. The number of sulfonamides is 1. The maximum Gasteiger partial charge on any atom is 0.232 e. The van der Waals surface area contributed by atoms with Crippen molar-refractivity contribution in [1.29, 1.82) is 0 Å². The van der Waals surface area contributed by atoms with Crippen molar-refractivity contribution >= 4 is 15.7 Å². The second-order valence-corrected chi connectivity index (χ2v) is 5.77. The van der Waals surface area contributed by atoms with E-state index in [4.69, 9.17) is 0 Å². The summed E-state index contributed by atoms with van der Waals surface area (Å²) in [4.78, 5) is 0. The lowest BCUT2D eigenvalue weighted by molar-refractivity contribution is 0.593. The van der Waals surface area contributed by atoms with Crippen molar-refractivity contribution in [1.82, 2.24) is 15.1 Å². The highest BCUT2D eigenvalue weighted by atomic mass is 32.2. The summed E-state index contributed by atoms with van der Waals surface area (Å²) >= 11 is 0. The predicted octanol–water partition coefficient (Wildman–Crippen LogP) is 0.551. The molecule has 0 saturated heterocycles. The van der Waals surface area contributed by atoms with E-state index in [0.29, 0.717) is 12.1 Å². The molecule has 1 aromatic heterocycles. The van der Waals surface area contributed by atoms with E-state index >= 15 is 0 Å². The Kier molecular flexibility index (Phi) is 5.43. The molecule has 0 amide bonds. The first-order valence-corrected chi connectivity index (χ1v) is 7.38. The number of anilines is 1. The second-order valence-electron chi connectivity index (χ2n) is 3.93. The van der Waals surface area contributed by atoms with Crippen LogP contribution in [0.25, 0.3) is 0 Å². The van der Waals surface area contributed by atoms with Gasteiger partial charge < -0.3 is 5.32 Å². The van der Waals surface area contributed by atoms with Gasteiger partial charge >= 0.3 is 0 Å². The lowest BCUT2D eigenvalue weighted by Crippen LogP contribution is -2.22. The Morgan fingerprint density at radius 1 is 1.41 bits per heavy atom. The maximum absolute atomic E-state index is 11.7. The van der Waals surface area contributed by atoms with Crippen molar-refractivity contribution in [3.63, 3.8) is 0 Å². The van der Waals surface area contributed by atoms with Gasteiger partial charge in [0, 0.05) is 13.2 Å². The molecule has 0 fully saturated rings. The summed E-state index contributed by atoms with van der Waals surface area (Å²) in [6.45, 7) is 3.73. The minimum atomic E-state index is -3.25. The smallest absolute Gasteiger partial charge is 0.232 e. The number of nitrogens with one attached hydrogen (secondary N) is 2. The average molecular weight is 260 g/mol. The van der Waals surface area contributed by atoms with Crippen LogP contribution in [0, 0.1) is 0 Å². The van der Waals surface area contributed by atoms with Crippen LogP contribution >= 0.6 is 0 Å². The van der Waals surface area contributed by atoms with Crippen LogP contribution in [0.3, 0.4) is 0 Å². The van der Waals surface area contributed by atoms with Gasteiger partial charge in [0.25, 0.3) is 0 Å². The van der Waals surface area contributed by atoms with Gasteiger partial charge in [-0.3, -0.25) is 9.40 Å². The van der Waals surface area contributed by atoms with Gasteiger partial charge in [-0.25, -0.2) is 8.42 Å². The highest BCUT2D eigenvalue weighted by Gasteiger charge is 2.10. The normalized spacial score (nSPS) is 11.6. The van der Waals surface area contributed by atoms with Gasteiger partial charge in [0.15, 0.2) is 0 Å². The Morgan fingerprint density at radius 2 is 2.18 bits per heavy atom. The van der Waals surface area contributed by atoms with E-state index in [2.05, 4.69) is 22.1 Å². The van der Waals surface area contributed by atoms with Gasteiger partial charge in [-0.05, 0) is 25.9 Å². The van der Waals surface area contributed by atoms with Crippen molar-refractivity contribution in [3.05, 3.63) is 12.4 Å². The van der Waals surface area contributed by atoms with E-state index in [1.165, 1.54) is 6.20 Å². The Labute approximate surface area is 102 Å². The van der Waals surface area contributed by atoms with Crippen molar-refractivity contribution in [3.8, 4) is 0 Å². The third-order valence-electron chi connectivity index (χ3n) is 2.17. The van der Waals surface area contributed by atoms with Crippen molar-refractivity contribution in [2.24, 2.45) is 7.05 Å². The number of rotatable bonds is 8. The lowest BCUT2D eigenvalue weighted by Gasteiger charge is -2.06. The van der Waals surface area contributed by atoms with Gasteiger partial charge in [-0.15, -0.1) is 0 Å². The highest BCUT2D eigenvalue weighted by Crippen LogP contribution is 2.07. The summed E-state index contributed by atoms with van der Waals surface area (Å²) in [5.41, 5.74) is 0.508. The summed E-state index contributed by atoms with van der Waals surface area (Å²) in [6, 6.07) is 0. The molecule has 0 aliphatic rings. The topological polar surface area (TPSA) is 76.0 Å². The molecule has 0 aromatic carbocycles. The number of hydrogen-bond donors (Lipinski definition) is 2. The lowest BCUT2D eigenvalue weighted by atomic mass is 10.4. The van der Waals surface area contributed by atoms with Gasteiger partial charge in [-0.2, -0.15) is 5.10 Å². The molecule has 2 N–H and O–H groups in total. The number of aryl methyl sites for hydroxylation is 1. The van der Waals surface area contributed by atoms with Gasteiger partial charge in [-0.1, -0.05) is 6.92 Å². The fraction of sp³-hybridized carbons (Fsp3) is 0.700. The standard InChI is InChI=1S/C10H20N4O2S/c1-3-5-11-6-4-7-17(15,16)13-10-8-12-14(2)9-10/h8-9,11,13H,3-7H2,1-2H3. The van der Waals surface area contributed by atoms with Crippen LogP contribution in [0.15, 0.2) is 12.4 Å². The summed E-state index contributed by atoms with van der Waals surface area (Å²) in [7, 11) is -1.51. The van der Waals surface area contributed by atoms with Crippen LogP contribution in [0.4, 0.5) is 5.69 Å². The van der Waals surface area contributed by atoms with Crippen LogP contribution in [-0.2, 0) is 17.1 Å². The minimum Gasteiger partial charge on any atom is -0.317 e. The molecule has 0 bridgehead atoms. The Balaban J connectivity index is 2.31. The van der Waals surface area contributed by atoms with Gasteiger partial charge in [0.1, 0.15) is 0 Å². The SMILES string of the molecule is CCCNCCCS(=O)(=O)Nc1cnn(C)c1. The van der Waals surface area contributed by atoms with Gasteiger partial charge in [0.05, 0.1) is 17.6 Å². The van der Waals surface area contributed by atoms with Crippen LogP contribution in [-0.4, -0.2) is 37.0 Å². The van der Waals surface area contributed by atoms with Crippen LogP contribution < -0.4 is 10.0 Å². The quantitative estimate of drug-likeness (QED) is 0.669. The molecule has 0 spiro atoms. The molecule has 17 heavy (non-hydrogen) atoms. The first-order valence-electron chi connectivity index (χ1n) is 5.73. The highest BCUT2D eigenvalue weighted by molar-refractivity contribution is 7.92. The Bertz CT molecular complexity index is 427. The number of nitrogens with zero attached hydrogens (tertiary/aromatic N) is 2. The molecule has 0 atom stereocenters. The summed E-state index contributed by atoms with van der Waals surface area (Å²) in [5, 5.41) is 7.07. The first-order chi connectivity index (χ1) is 8.03. The van der Waals surface area contributed by atoms with Crippen LogP contribution in [0.1, 0.15) is 19.8 Å². The van der Waals surface area contributed by atoms with E-state index in [0.717, 1.165) is 19.5 Å². The maximum atomic E-state index is 11.7. The van der Waals surface area contributed by atoms with E-state index < -0.39 is 10.0 Å². The third kappa shape index (κ3) is 5.69. The predicted molar refractivity (Wildman–Crippen MR) is 68.4 cm³/mol. The number of hydrogen-bond acceptors (Lipinski definition) is 4. The van der Waals surface area contributed by atoms with Crippen LogP contribution in [0.2, 0.25) is 0 Å². The molecule has 7 heteroatoms. The molecule has 1 heterocycles.